The molecule has 0 amide bonds. The zero-order chi connectivity index (χ0) is 21.7. The van der Waals surface area contributed by atoms with E-state index in [1.54, 1.807) is 0 Å². The lowest BCUT2D eigenvalue weighted by Gasteiger charge is -2.35. The first kappa shape index (κ1) is 22.4. The normalized spacial score (nSPS) is 16.8. The number of pyridine rings is 1. The summed E-state index contributed by atoms with van der Waals surface area (Å²) in [5.41, 5.74) is 5.81. The molecule has 0 aliphatic heterocycles. The molecule has 1 saturated carbocycles. The molecule has 0 spiro atoms. The molecule has 30 heavy (non-hydrogen) atoms. The number of nitrogens with zero attached hydrogens (tertiary/aromatic N) is 3. The van der Waals surface area contributed by atoms with Crippen LogP contribution in [0.5, 0.6) is 0 Å². The number of aliphatic hydroxyl groups is 1. The highest BCUT2D eigenvalue weighted by molar-refractivity contribution is 6.32. The predicted octanol–water partition coefficient (Wildman–Crippen LogP) is 4.04. The molecule has 162 valence electrons. The summed E-state index contributed by atoms with van der Waals surface area (Å²) in [6, 6.07) is 1.23. The number of aliphatic hydroxyl groups excluding tert-OH is 1. The lowest BCUT2D eigenvalue weighted by atomic mass is 9.78. The summed E-state index contributed by atoms with van der Waals surface area (Å²) < 4.78 is 13.6. The van der Waals surface area contributed by atoms with Gasteiger partial charge in [-0.1, -0.05) is 37.8 Å². The fourth-order valence-electron chi connectivity index (χ4n) is 4.12. The second-order valence-corrected chi connectivity index (χ2v) is 8.32. The number of nitrogen functional groups attached to an aromatic ring is 1. The third-order valence-corrected chi connectivity index (χ3v) is 6.06. The van der Waals surface area contributed by atoms with Crippen LogP contribution in [0.1, 0.15) is 56.8 Å². The first-order valence-corrected chi connectivity index (χ1v) is 10.7. The molecule has 3 rings (SSSR count). The van der Waals surface area contributed by atoms with Gasteiger partial charge in [-0.15, -0.1) is 0 Å². The van der Waals surface area contributed by atoms with Gasteiger partial charge in [-0.05, 0) is 37.2 Å². The molecule has 7 nitrogen and oxygen atoms in total. The minimum atomic E-state index is -0.591. The first-order valence-electron chi connectivity index (χ1n) is 10.3. The molecule has 1 unspecified atom stereocenters. The summed E-state index contributed by atoms with van der Waals surface area (Å²) in [5, 5.41) is 21.6. The SMILES string of the molecule is C[C@@H](CCO)C(Nc1nc(C(=N)c2cc(F)cnc2N)ncc1Cl)C1CCCCC1. The number of anilines is 2. The Bertz CT molecular complexity index is 890. The average molecular weight is 435 g/mol. The molecule has 2 aromatic heterocycles. The molecule has 2 atom stereocenters. The Labute approximate surface area is 180 Å². The molecule has 9 heteroatoms. The second kappa shape index (κ2) is 10.1. The Morgan fingerprint density at radius 2 is 2.07 bits per heavy atom. The van der Waals surface area contributed by atoms with E-state index >= 15 is 0 Å². The molecular weight excluding hydrogens is 407 g/mol. The number of nitrogens with one attached hydrogen (secondary N) is 2. The first-order chi connectivity index (χ1) is 14.4. The van der Waals surface area contributed by atoms with Crippen molar-refractivity contribution in [3.63, 3.8) is 0 Å². The quantitative estimate of drug-likeness (QED) is 0.465. The van der Waals surface area contributed by atoms with Crippen LogP contribution >= 0.6 is 11.6 Å². The van der Waals surface area contributed by atoms with Crippen LogP contribution in [0.25, 0.3) is 0 Å². The highest BCUT2D eigenvalue weighted by Gasteiger charge is 2.29. The van der Waals surface area contributed by atoms with Gasteiger partial charge in [0.1, 0.15) is 28.2 Å². The highest BCUT2D eigenvalue weighted by Crippen LogP contribution is 2.33. The van der Waals surface area contributed by atoms with Crippen molar-refractivity contribution >= 4 is 28.9 Å². The molecule has 2 aromatic rings. The van der Waals surface area contributed by atoms with Gasteiger partial charge in [0.15, 0.2) is 5.82 Å². The van der Waals surface area contributed by atoms with E-state index in [4.69, 9.17) is 22.7 Å². The van der Waals surface area contributed by atoms with Crippen molar-refractivity contribution in [3.8, 4) is 0 Å². The molecule has 1 aliphatic rings. The van der Waals surface area contributed by atoms with Crippen molar-refractivity contribution in [1.82, 2.24) is 15.0 Å². The van der Waals surface area contributed by atoms with Crippen molar-refractivity contribution in [1.29, 1.82) is 5.41 Å². The van der Waals surface area contributed by atoms with Crippen molar-refractivity contribution in [3.05, 3.63) is 40.7 Å². The summed E-state index contributed by atoms with van der Waals surface area (Å²) in [4.78, 5) is 12.3. The van der Waals surface area contributed by atoms with Crippen LogP contribution in [0.4, 0.5) is 16.0 Å². The molecule has 2 heterocycles. The summed E-state index contributed by atoms with van der Waals surface area (Å²) in [7, 11) is 0. The Hall–Kier alpha value is -2.32. The van der Waals surface area contributed by atoms with Gasteiger partial charge in [0.05, 0.1) is 12.4 Å². The van der Waals surface area contributed by atoms with Crippen LogP contribution in [0.2, 0.25) is 5.02 Å². The van der Waals surface area contributed by atoms with Crippen LogP contribution in [-0.2, 0) is 0 Å². The smallest absolute Gasteiger partial charge is 0.180 e. The van der Waals surface area contributed by atoms with Gasteiger partial charge < -0.3 is 16.2 Å². The largest absolute Gasteiger partial charge is 0.396 e. The lowest BCUT2D eigenvalue weighted by molar-refractivity contribution is 0.214. The summed E-state index contributed by atoms with van der Waals surface area (Å²) in [6.07, 6.45) is 8.95. The molecule has 0 aromatic carbocycles. The molecule has 0 bridgehead atoms. The topological polar surface area (TPSA) is 121 Å². The van der Waals surface area contributed by atoms with E-state index in [0.717, 1.165) is 25.1 Å². The second-order valence-electron chi connectivity index (χ2n) is 7.91. The van der Waals surface area contributed by atoms with E-state index in [0.29, 0.717) is 23.2 Å². The number of aromatic nitrogens is 3. The maximum atomic E-state index is 13.6. The monoisotopic (exact) mass is 434 g/mol. The van der Waals surface area contributed by atoms with Gasteiger partial charge in [-0.2, -0.15) is 0 Å². The number of halogens is 2. The van der Waals surface area contributed by atoms with E-state index in [2.05, 4.69) is 27.2 Å². The molecule has 1 aliphatic carbocycles. The van der Waals surface area contributed by atoms with E-state index in [1.165, 1.54) is 25.5 Å². The van der Waals surface area contributed by atoms with Crippen LogP contribution in [0.15, 0.2) is 18.5 Å². The predicted molar refractivity (Wildman–Crippen MR) is 116 cm³/mol. The van der Waals surface area contributed by atoms with Gasteiger partial charge in [0.2, 0.25) is 0 Å². The van der Waals surface area contributed by atoms with Gasteiger partial charge >= 0.3 is 0 Å². The summed E-state index contributed by atoms with van der Waals surface area (Å²) >= 11 is 6.36. The Balaban J connectivity index is 1.89. The van der Waals surface area contributed by atoms with E-state index in [9.17, 15) is 9.50 Å². The number of hydrogen-bond acceptors (Lipinski definition) is 7. The summed E-state index contributed by atoms with van der Waals surface area (Å²) in [6.45, 7) is 2.23. The fraction of sp³-hybridized carbons (Fsp3) is 0.524. The van der Waals surface area contributed by atoms with Crippen molar-refractivity contribution < 1.29 is 9.50 Å². The number of rotatable bonds is 8. The molecule has 5 N–H and O–H groups in total. The maximum Gasteiger partial charge on any atom is 0.180 e. The minimum Gasteiger partial charge on any atom is -0.396 e. The Morgan fingerprint density at radius 3 is 2.77 bits per heavy atom. The lowest BCUT2D eigenvalue weighted by Crippen LogP contribution is -2.37. The van der Waals surface area contributed by atoms with E-state index < -0.39 is 5.82 Å². The van der Waals surface area contributed by atoms with Crippen LogP contribution in [-0.4, -0.2) is 38.4 Å². The van der Waals surface area contributed by atoms with E-state index in [-0.39, 0.29) is 41.5 Å². The Kier molecular flexibility index (Phi) is 7.55. The number of nitrogens with two attached hydrogens (primary N) is 1. The maximum absolute atomic E-state index is 13.6. The van der Waals surface area contributed by atoms with Gasteiger partial charge in [0, 0.05) is 18.2 Å². The molecular formula is C21H28ClFN6O. The third kappa shape index (κ3) is 5.23. The Morgan fingerprint density at radius 1 is 1.33 bits per heavy atom. The average Bonchev–Trinajstić information content (AvgIpc) is 2.75. The highest BCUT2D eigenvalue weighted by atomic mass is 35.5. The minimum absolute atomic E-state index is 0.0334. The third-order valence-electron chi connectivity index (χ3n) is 5.78. The van der Waals surface area contributed by atoms with Gasteiger partial charge in [0.25, 0.3) is 0 Å². The van der Waals surface area contributed by atoms with Gasteiger partial charge in [-0.3, -0.25) is 5.41 Å². The molecule has 1 fully saturated rings. The standard InChI is InChI=1S/C21H28ClFN6O/c1-12(7-8-30)18(13-5-3-2-4-6-13)28-20-16(22)11-27-21(29-20)17(24)15-9-14(23)10-26-19(15)25/h9-13,18,24,30H,2-8H2,1H3,(H2,25,26)(H,27,28,29)/t12-,18?/m0/s1. The van der Waals surface area contributed by atoms with Crippen LogP contribution < -0.4 is 11.1 Å². The molecule has 0 saturated heterocycles. The van der Waals surface area contributed by atoms with Crippen LogP contribution in [0.3, 0.4) is 0 Å². The molecule has 0 radical (unpaired) electrons. The van der Waals surface area contributed by atoms with Crippen molar-refractivity contribution in [2.24, 2.45) is 11.8 Å². The van der Waals surface area contributed by atoms with Crippen molar-refractivity contribution in [2.75, 3.05) is 17.7 Å². The zero-order valence-electron chi connectivity index (χ0n) is 17.0. The van der Waals surface area contributed by atoms with Crippen LogP contribution in [0, 0.1) is 23.1 Å². The van der Waals surface area contributed by atoms with Gasteiger partial charge in [-0.25, -0.2) is 19.3 Å². The summed E-state index contributed by atoms with van der Waals surface area (Å²) in [5.74, 6) is 0.623. The van der Waals surface area contributed by atoms with E-state index in [1.807, 2.05) is 0 Å². The number of hydrogen-bond donors (Lipinski definition) is 4. The zero-order valence-corrected chi connectivity index (χ0v) is 17.8. The van der Waals surface area contributed by atoms with Crippen molar-refractivity contribution in [2.45, 2.75) is 51.5 Å². The fourth-order valence-corrected chi connectivity index (χ4v) is 4.26.